The summed E-state index contributed by atoms with van der Waals surface area (Å²) in [4.78, 5) is 0. The number of ether oxygens (including phenoxy) is 1. The first-order chi connectivity index (χ1) is 8.72. The Balaban J connectivity index is 2.28. The van der Waals surface area contributed by atoms with Gasteiger partial charge in [-0.3, -0.25) is 0 Å². The van der Waals surface area contributed by atoms with E-state index in [0.29, 0.717) is 12.1 Å². The minimum atomic E-state index is -0.824. The fourth-order valence-electron chi connectivity index (χ4n) is 2.56. The van der Waals surface area contributed by atoms with E-state index >= 15 is 0 Å². The van der Waals surface area contributed by atoms with Crippen LogP contribution in [0.3, 0.4) is 0 Å². The number of anilines is 1. The van der Waals surface area contributed by atoms with Crippen LogP contribution in [-0.4, -0.2) is 18.8 Å². The summed E-state index contributed by atoms with van der Waals surface area (Å²) >= 11 is 0. The Kier molecular flexibility index (Phi) is 3.83. The van der Waals surface area contributed by atoms with E-state index in [9.17, 15) is 9.65 Å². The van der Waals surface area contributed by atoms with Crippen LogP contribution in [0, 0.1) is 17.1 Å². The highest BCUT2D eigenvalue weighted by molar-refractivity contribution is 5.49. The Hall–Kier alpha value is -1.60. The molecular formula is C14H17FN2O. The molecule has 0 saturated heterocycles. The number of hydrogen-bond donors (Lipinski definition) is 1. The van der Waals surface area contributed by atoms with Gasteiger partial charge in [0, 0.05) is 7.11 Å². The molecule has 0 spiro atoms. The largest absolute Gasteiger partial charge is 0.378 e. The molecule has 2 rings (SSSR count). The van der Waals surface area contributed by atoms with E-state index in [2.05, 4.69) is 11.4 Å². The number of halogens is 1. The summed E-state index contributed by atoms with van der Waals surface area (Å²) in [5.74, 6) is -0.340. The van der Waals surface area contributed by atoms with Gasteiger partial charge in [0.05, 0.1) is 17.9 Å². The Morgan fingerprint density at radius 1 is 1.44 bits per heavy atom. The molecular weight excluding hydrogens is 231 g/mol. The molecule has 0 aromatic heterocycles. The van der Waals surface area contributed by atoms with Gasteiger partial charge in [0.1, 0.15) is 5.82 Å². The van der Waals surface area contributed by atoms with Crippen LogP contribution in [0.25, 0.3) is 0 Å². The molecule has 0 heterocycles. The van der Waals surface area contributed by atoms with Gasteiger partial charge < -0.3 is 10.1 Å². The summed E-state index contributed by atoms with van der Waals surface area (Å²) in [6, 6.07) is 8.71. The van der Waals surface area contributed by atoms with E-state index in [1.165, 1.54) is 6.07 Å². The van der Waals surface area contributed by atoms with Gasteiger partial charge in [-0.05, 0) is 31.4 Å². The molecule has 1 aliphatic carbocycles. The molecule has 0 radical (unpaired) electrons. The lowest BCUT2D eigenvalue weighted by Gasteiger charge is -2.39. The first-order valence-electron chi connectivity index (χ1n) is 6.18. The third-order valence-corrected chi connectivity index (χ3v) is 3.55. The number of para-hydroxylation sites is 1. The quantitative estimate of drug-likeness (QED) is 0.894. The highest BCUT2D eigenvalue weighted by Gasteiger charge is 2.42. The molecule has 18 heavy (non-hydrogen) atoms. The topological polar surface area (TPSA) is 45.0 Å². The molecule has 4 heteroatoms. The molecule has 96 valence electrons. The highest BCUT2D eigenvalue weighted by Crippen LogP contribution is 2.33. The third kappa shape index (κ3) is 2.32. The summed E-state index contributed by atoms with van der Waals surface area (Å²) in [5, 5.41) is 12.5. The molecule has 1 saturated carbocycles. The Morgan fingerprint density at radius 3 is 2.89 bits per heavy atom. The number of nitriles is 1. The molecule has 1 aliphatic rings. The number of hydrogen-bond acceptors (Lipinski definition) is 3. The summed E-state index contributed by atoms with van der Waals surface area (Å²) in [5.41, 5.74) is -0.460. The Bertz CT molecular complexity index is 457. The van der Waals surface area contributed by atoms with E-state index in [0.717, 1.165) is 19.3 Å². The van der Waals surface area contributed by atoms with Crippen molar-refractivity contribution in [3.8, 4) is 6.07 Å². The van der Waals surface area contributed by atoms with Crippen LogP contribution < -0.4 is 5.32 Å². The van der Waals surface area contributed by atoms with E-state index in [1.54, 1.807) is 25.3 Å². The minimum absolute atomic E-state index is 0.198. The predicted molar refractivity (Wildman–Crippen MR) is 67.6 cm³/mol. The number of methoxy groups -OCH3 is 1. The summed E-state index contributed by atoms with van der Waals surface area (Å²) in [6.45, 7) is 0. The second-order valence-corrected chi connectivity index (χ2v) is 4.66. The van der Waals surface area contributed by atoms with Gasteiger partial charge in [-0.2, -0.15) is 5.26 Å². The van der Waals surface area contributed by atoms with Crippen molar-refractivity contribution in [3.63, 3.8) is 0 Å². The molecule has 1 fully saturated rings. The minimum Gasteiger partial charge on any atom is -0.378 e. The molecule has 0 bridgehead atoms. The summed E-state index contributed by atoms with van der Waals surface area (Å²) in [7, 11) is 1.60. The molecule has 1 aromatic rings. The Labute approximate surface area is 107 Å². The van der Waals surface area contributed by atoms with Gasteiger partial charge in [0.25, 0.3) is 0 Å². The maximum atomic E-state index is 13.7. The zero-order valence-electron chi connectivity index (χ0n) is 10.4. The summed E-state index contributed by atoms with van der Waals surface area (Å²) in [6.07, 6.45) is 3.30. The second-order valence-electron chi connectivity index (χ2n) is 4.66. The third-order valence-electron chi connectivity index (χ3n) is 3.55. The fraction of sp³-hybridized carbons (Fsp3) is 0.500. The van der Waals surface area contributed by atoms with Crippen molar-refractivity contribution in [3.05, 3.63) is 30.1 Å². The normalized spacial score (nSPS) is 27.5. The van der Waals surface area contributed by atoms with Gasteiger partial charge in [-0.25, -0.2) is 4.39 Å². The van der Waals surface area contributed by atoms with Crippen LogP contribution >= 0.6 is 0 Å². The second kappa shape index (κ2) is 5.36. The molecule has 0 amide bonds. The molecule has 2 unspecified atom stereocenters. The first-order valence-corrected chi connectivity index (χ1v) is 6.18. The van der Waals surface area contributed by atoms with Gasteiger partial charge in [0.2, 0.25) is 0 Å². The zero-order chi connectivity index (χ0) is 13.0. The van der Waals surface area contributed by atoms with Crippen molar-refractivity contribution in [1.82, 2.24) is 0 Å². The van der Waals surface area contributed by atoms with Crippen LogP contribution in [0.2, 0.25) is 0 Å². The molecule has 2 atom stereocenters. The highest BCUT2D eigenvalue weighted by atomic mass is 19.1. The van der Waals surface area contributed by atoms with E-state index in [4.69, 9.17) is 4.74 Å². The van der Waals surface area contributed by atoms with Crippen molar-refractivity contribution in [1.29, 1.82) is 5.26 Å². The number of nitrogens with zero attached hydrogens (tertiary/aromatic N) is 1. The van der Waals surface area contributed by atoms with Gasteiger partial charge in [-0.1, -0.05) is 18.6 Å². The predicted octanol–water partition coefficient (Wildman–Crippen LogP) is 3.09. The van der Waals surface area contributed by atoms with Gasteiger partial charge >= 0.3 is 0 Å². The Morgan fingerprint density at radius 2 is 2.22 bits per heavy atom. The monoisotopic (exact) mass is 248 g/mol. The lowest BCUT2D eigenvalue weighted by atomic mass is 9.80. The van der Waals surface area contributed by atoms with Gasteiger partial charge in [0.15, 0.2) is 5.54 Å². The maximum Gasteiger partial charge on any atom is 0.151 e. The van der Waals surface area contributed by atoms with E-state index < -0.39 is 5.54 Å². The summed E-state index contributed by atoms with van der Waals surface area (Å²) < 4.78 is 19.1. The lowest BCUT2D eigenvalue weighted by molar-refractivity contribution is 0.0368. The van der Waals surface area contributed by atoms with E-state index in [-0.39, 0.29) is 11.9 Å². The van der Waals surface area contributed by atoms with Crippen LogP contribution in [0.1, 0.15) is 25.7 Å². The van der Waals surface area contributed by atoms with Crippen molar-refractivity contribution >= 4 is 5.69 Å². The van der Waals surface area contributed by atoms with Crippen molar-refractivity contribution in [2.75, 3.05) is 12.4 Å². The van der Waals surface area contributed by atoms with Crippen molar-refractivity contribution in [2.45, 2.75) is 37.3 Å². The molecule has 1 N–H and O–H groups in total. The average Bonchev–Trinajstić information content (AvgIpc) is 2.42. The SMILES string of the molecule is COC1CCCCC1(C#N)Nc1ccccc1F. The van der Waals surface area contributed by atoms with Crippen molar-refractivity contribution < 1.29 is 9.13 Å². The maximum absolute atomic E-state index is 13.7. The van der Waals surface area contributed by atoms with Gasteiger partial charge in [-0.15, -0.1) is 0 Å². The lowest BCUT2D eigenvalue weighted by Crippen LogP contribution is -2.51. The molecule has 3 nitrogen and oxygen atoms in total. The first kappa shape index (κ1) is 12.8. The molecule has 1 aromatic carbocycles. The van der Waals surface area contributed by atoms with Crippen LogP contribution in [0.4, 0.5) is 10.1 Å². The smallest absolute Gasteiger partial charge is 0.151 e. The number of nitrogens with one attached hydrogen (secondary N) is 1. The fourth-order valence-corrected chi connectivity index (χ4v) is 2.56. The average molecular weight is 248 g/mol. The van der Waals surface area contributed by atoms with Crippen LogP contribution in [-0.2, 0) is 4.74 Å². The molecule has 0 aliphatic heterocycles. The van der Waals surface area contributed by atoms with E-state index in [1.807, 2.05) is 0 Å². The standard InChI is InChI=1S/C14H17FN2O/c1-18-13-8-4-5-9-14(13,10-16)17-12-7-3-2-6-11(12)15/h2-3,6-7,13,17H,4-5,8-9H2,1H3. The number of rotatable bonds is 3. The number of benzene rings is 1. The van der Waals surface area contributed by atoms with Crippen LogP contribution in [0.15, 0.2) is 24.3 Å². The van der Waals surface area contributed by atoms with Crippen molar-refractivity contribution in [2.24, 2.45) is 0 Å². The van der Waals surface area contributed by atoms with Crippen LogP contribution in [0.5, 0.6) is 0 Å². The zero-order valence-corrected chi connectivity index (χ0v) is 10.4.